The van der Waals surface area contributed by atoms with Gasteiger partial charge in [0.1, 0.15) is 5.75 Å². The SMILES string of the molecule is COc1ccc(C)cc1-c1c(N)n[nH]c1-c1ccn[nH]1. The normalized spacial score (nSPS) is 10.7. The smallest absolute Gasteiger partial charge is 0.153 e. The second kappa shape index (κ2) is 4.73. The molecule has 6 heteroatoms. The monoisotopic (exact) mass is 269 g/mol. The zero-order valence-electron chi connectivity index (χ0n) is 11.3. The van der Waals surface area contributed by atoms with Crippen LogP contribution in [0, 0.1) is 6.92 Å². The molecule has 0 unspecified atom stereocenters. The minimum Gasteiger partial charge on any atom is -0.496 e. The summed E-state index contributed by atoms with van der Waals surface area (Å²) < 4.78 is 5.43. The fraction of sp³-hybridized carbons (Fsp3) is 0.143. The van der Waals surface area contributed by atoms with E-state index in [-0.39, 0.29) is 0 Å². The van der Waals surface area contributed by atoms with Crippen LogP contribution in [0.15, 0.2) is 30.5 Å². The number of aromatic nitrogens is 4. The van der Waals surface area contributed by atoms with Gasteiger partial charge < -0.3 is 10.5 Å². The highest BCUT2D eigenvalue weighted by atomic mass is 16.5. The van der Waals surface area contributed by atoms with Crippen molar-refractivity contribution in [3.63, 3.8) is 0 Å². The minimum absolute atomic E-state index is 0.429. The summed E-state index contributed by atoms with van der Waals surface area (Å²) >= 11 is 0. The molecule has 0 bridgehead atoms. The number of H-pyrrole nitrogens is 2. The molecule has 1 aromatic carbocycles. The number of hydrogen-bond donors (Lipinski definition) is 3. The van der Waals surface area contributed by atoms with Gasteiger partial charge in [0.05, 0.1) is 24.1 Å². The molecule has 0 spiro atoms. The maximum Gasteiger partial charge on any atom is 0.153 e. The zero-order chi connectivity index (χ0) is 14.1. The minimum atomic E-state index is 0.429. The Labute approximate surface area is 116 Å². The molecule has 0 saturated carbocycles. The fourth-order valence-corrected chi connectivity index (χ4v) is 2.24. The average Bonchev–Trinajstić information content (AvgIpc) is 3.07. The molecule has 102 valence electrons. The van der Waals surface area contributed by atoms with Gasteiger partial charge in [-0.3, -0.25) is 10.2 Å². The van der Waals surface area contributed by atoms with Gasteiger partial charge >= 0.3 is 0 Å². The van der Waals surface area contributed by atoms with Gasteiger partial charge in [-0.15, -0.1) is 0 Å². The molecular weight excluding hydrogens is 254 g/mol. The van der Waals surface area contributed by atoms with E-state index in [1.807, 2.05) is 31.2 Å². The molecule has 3 rings (SSSR count). The van der Waals surface area contributed by atoms with Crippen LogP contribution < -0.4 is 10.5 Å². The molecule has 2 aromatic heterocycles. The van der Waals surface area contributed by atoms with Crippen LogP contribution in [-0.4, -0.2) is 27.5 Å². The summed E-state index contributed by atoms with van der Waals surface area (Å²) in [4.78, 5) is 0. The number of nitrogens with two attached hydrogens (primary N) is 1. The number of rotatable bonds is 3. The van der Waals surface area contributed by atoms with Crippen molar-refractivity contribution in [1.29, 1.82) is 0 Å². The maximum absolute atomic E-state index is 6.02. The number of hydrogen-bond acceptors (Lipinski definition) is 4. The first-order valence-electron chi connectivity index (χ1n) is 6.19. The summed E-state index contributed by atoms with van der Waals surface area (Å²) in [6.45, 7) is 2.02. The van der Waals surface area contributed by atoms with Crippen molar-refractivity contribution >= 4 is 5.82 Å². The van der Waals surface area contributed by atoms with Crippen LogP contribution in [0.25, 0.3) is 22.5 Å². The van der Waals surface area contributed by atoms with Gasteiger partial charge in [-0.25, -0.2) is 0 Å². The van der Waals surface area contributed by atoms with Crippen LogP contribution in [0.2, 0.25) is 0 Å². The molecule has 3 aromatic rings. The van der Waals surface area contributed by atoms with E-state index < -0.39 is 0 Å². The van der Waals surface area contributed by atoms with Crippen LogP contribution in [0.5, 0.6) is 5.75 Å². The summed E-state index contributed by atoms with van der Waals surface area (Å²) in [5.74, 6) is 1.18. The Morgan fingerprint density at radius 1 is 1.20 bits per heavy atom. The fourth-order valence-electron chi connectivity index (χ4n) is 2.24. The molecule has 2 heterocycles. The first-order valence-corrected chi connectivity index (χ1v) is 6.19. The van der Waals surface area contributed by atoms with Crippen LogP contribution in [0.3, 0.4) is 0 Å². The second-order valence-corrected chi connectivity index (χ2v) is 4.53. The Bertz CT molecular complexity index is 730. The molecule has 0 saturated heterocycles. The first kappa shape index (κ1) is 12.3. The van der Waals surface area contributed by atoms with Gasteiger partial charge in [-0.05, 0) is 25.1 Å². The molecule has 20 heavy (non-hydrogen) atoms. The Morgan fingerprint density at radius 3 is 2.75 bits per heavy atom. The number of nitrogens with zero attached hydrogens (tertiary/aromatic N) is 2. The lowest BCUT2D eigenvalue weighted by atomic mass is 10.0. The van der Waals surface area contributed by atoms with Gasteiger partial charge in [0.25, 0.3) is 0 Å². The molecule has 0 aliphatic rings. The number of nitrogens with one attached hydrogen (secondary N) is 2. The first-order chi connectivity index (χ1) is 9.70. The van der Waals surface area contributed by atoms with E-state index in [0.717, 1.165) is 33.8 Å². The third kappa shape index (κ3) is 1.91. The summed E-state index contributed by atoms with van der Waals surface area (Å²) in [5, 5.41) is 13.9. The summed E-state index contributed by atoms with van der Waals surface area (Å²) in [5.41, 5.74) is 10.5. The van der Waals surface area contributed by atoms with Crippen LogP contribution >= 0.6 is 0 Å². The van der Waals surface area contributed by atoms with Crippen molar-refractivity contribution in [3.8, 4) is 28.3 Å². The molecule has 0 atom stereocenters. The van der Waals surface area contributed by atoms with E-state index in [0.29, 0.717) is 5.82 Å². The third-order valence-electron chi connectivity index (χ3n) is 3.19. The van der Waals surface area contributed by atoms with Crippen LogP contribution in [-0.2, 0) is 0 Å². The Morgan fingerprint density at radius 2 is 2.05 bits per heavy atom. The highest BCUT2D eigenvalue weighted by molar-refractivity contribution is 5.89. The van der Waals surface area contributed by atoms with Gasteiger partial charge in [0, 0.05) is 11.8 Å². The largest absolute Gasteiger partial charge is 0.496 e. The van der Waals surface area contributed by atoms with Crippen molar-refractivity contribution in [2.45, 2.75) is 6.92 Å². The maximum atomic E-state index is 6.02. The zero-order valence-corrected chi connectivity index (χ0v) is 11.3. The number of aromatic amines is 2. The third-order valence-corrected chi connectivity index (χ3v) is 3.19. The van der Waals surface area contributed by atoms with E-state index in [1.165, 1.54) is 0 Å². The van der Waals surface area contributed by atoms with Crippen LogP contribution in [0.4, 0.5) is 5.82 Å². The lowest BCUT2D eigenvalue weighted by molar-refractivity contribution is 0.416. The number of benzene rings is 1. The molecule has 4 N–H and O–H groups in total. The molecule has 0 radical (unpaired) electrons. The van der Waals surface area contributed by atoms with Crippen molar-refractivity contribution < 1.29 is 4.74 Å². The second-order valence-electron chi connectivity index (χ2n) is 4.53. The van der Waals surface area contributed by atoms with Crippen molar-refractivity contribution in [2.24, 2.45) is 0 Å². The lowest BCUT2D eigenvalue weighted by Crippen LogP contribution is -1.93. The van der Waals surface area contributed by atoms with Crippen molar-refractivity contribution in [3.05, 3.63) is 36.0 Å². The number of methoxy groups -OCH3 is 1. The van der Waals surface area contributed by atoms with Crippen molar-refractivity contribution in [1.82, 2.24) is 20.4 Å². The highest BCUT2D eigenvalue weighted by Gasteiger charge is 2.19. The quantitative estimate of drug-likeness (QED) is 0.680. The summed E-state index contributed by atoms with van der Waals surface area (Å²) in [6, 6.07) is 7.81. The van der Waals surface area contributed by atoms with Gasteiger partial charge in [0.15, 0.2) is 5.82 Å². The van der Waals surface area contributed by atoms with E-state index in [4.69, 9.17) is 10.5 Å². The molecule has 6 nitrogen and oxygen atoms in total. The van der Waals surface area contributed by atoms with Crippen LogP contribution in [0.1, 0.15) is 5.56 Å². The van der Waals surface area contributed by atoms with E-state index in [1.54, 1.807) is 13.3 Å². The molecule has 0 aliphatic carbocycles. The molecule has 0 aliphatic heterocycles. The van der Waals surface area contributed by atoms with Crippen molar-refractivity contribution in [2.75, 3.05) is 12.8 Å². The Kier molecular flexibility index (Phi) is 2.90. The predicted octanol–water partition coefficient (Wildman–Crippen LogP) is 2.37. The Hall–Kier alpha value is -2.76. The number of ether oxygens (including phenoxy) is 1. The standard InChI is InChI=1S/C14H15N5O/c1-8-3-4-11(20-2)9(7-8)12-13(18-19-14(12)15)10-5-6-16-17-10/h3-7H,1-2H3,(H,16,17)(H3,15,18,19). The van der Waals surface area contributed by atoms with Gasteiger partial charge in [-0.2, -0.15) is 10.2 Å². The molecular formula is C14H15N5O. The molecule has 0 fully saturated rings. The highest BCUT2D eigenvalue weighted by Crippen LogP contribution is 2.39. The van der Waals surface area contributed by atoms with E-state index >= 15 is 0 Å². The molecule has 0 amide bonds. The predicted molar refractivity (Wildman–Crippen MR) is 77.3 cm³/mol. The number of aryl methyl sites for hydroxylation is 1. The summed E-state index contributed by atoms with van der Waals surface area (Å²) in [7, 11) is 1.64. The van der Waals surface area contributed by atoms with E-state index in [2.05, 4.69) is 20.4 Å². The van der Waals surface area contributed by atoms with Gasteiger partial charge in [-0.1, -0.05) is 11.6 Å². The number of nitrogen functional groups attached to an aromatic ring is 1. The topological polar surface area (TPSA) is 92.6 Å². The Balaban J connectivity index is 2.25. The average molecular weight is 269 g/mol. The lowest BCUT2D eigenvalue weighted by Gasteiger charge is -2.10. The van der Waals surface area contributed by atoms with Gasteiger partial charge in [0.2, 0.25) is 0 Å². The summed E-state index contributed by atoms with van der Waals surface area (Å²) in [6.07, 6.45) is 1.68. The number of anilines is 1. The van der Waals surface area contributed by atoms with E-state index in [9.17, 15) is 0 Å².